The summed E-state index contributed by atoms with van der Waals surface area (Å²) in [4.78, 5) is 22.6. The lowest BCUT2D eigenvalue weighted by molar-refractivity contribution is -0.123. The third-order valence-corrected chi connectivity index (χ3v) is 9.21. The number of nitrogens with two attached hydrogens (primary N) is 1. The van der Waals surface area contributed by atoms with Crippen molar-refractivity contribution in [3.8, 4) is 0 Å². The van der Waals surface area contributed by atoms with Crippen molar-refractivity contribution in [2.75, 3.05) is 19.8 Å². The lowest BCUT2D eigenvalue weighted by Gasteiger charge is -2.23. The number of unbranched alkanes of at least 4 members (excludes halogenated alkanes) is 12. The third kappa shape index (κ3) is 36.1. The fourth-order valence-corrected chi connectivity index (χ4v) is 5.95. The van der Waals surface area contributed by atoms with E-state index in [0.717, 1.165) is 89.9 Å². The lowest BCUT2D eigenvalue weighted by Crippen LogP contribution is -2.45. The van der Waals surface area contributed by atoms with Gasteiger partial charge in [0.15, 0.2) is 0 Å². The van der Waals surface area contributed by atoms with Crippen molar-refractivity contribution in [2.45, 2.75) is 161 Å². The van der Waals surface area contributed by atoms with Gasteiger partial charge in [0.2, 0.25) is 5.91 Å². The first-order valence-corrected chi connectivity index (χ1v) is 21.7. The largest absolute Gasteiger partial charge is 0.472 e. The van der Waals surface area contributed by atoms with Gasteiger partial charge in [0.1, 0.15) is 0 Å². The van der Waals surface area contributed by atoms with E-state index >= 15 is 0 Å². The first-order chi connectivity index (χ1) is 25.4. The van der Waals surface area contributed by atoms with Gasteiger partial charge < -0.3 is 21.1 Å². The molecule has 9 heteroatoms. The number of hydrogen-bond acceptors (Lipinski definition) is 6. The van der Waals surface area contributed by atoms with Crippen molar-refractivity contribution in [1.82, 2.24) is 5.32 Å². The topological polar surface area (TPSA) is 131 Å². The molecule has 0 bridgehead atoms. The Kier molecular flexibility index (Phi) is 36.7. The second kappa shape index (κ2) is 38.4. The lowest BCUT2D eigenvalue weighted by atomic mass is 10.1. The average Bonchev–Trinajstić information content (AvgIpc) is 3.13. The molecule has 3 unspecified atom stereocenters. The maximum absolute atomic E-state index is 12.7. The molecule has 0 saturated heterocycles. The molecule has 0 aliphatic rings. The molecule has 52 heavy (non-hydrogen) atoms. The Morgan fingerprint density at radius 2 is 1.12 bits per heavy atom. The van der Waals surface area contributed by atoms with Crippen LogP contribution in [0.5, 0.6) is 0 Å². The maximum atomic E-state index is 12.7. The van der Waals surface area contributed by atoms with Gasteiger partial charge in [-0.3, -0.25) is 13.8 Å². The van der Waals surface area contributed by atoms with Crippen LogP contribution < -0.4 is 11.1 Å². The van der Waals surface area contributed by atoms with E-state index in [2.05, 4.69) is 92.1 Å². The summed E-state index contributed by atoms with van der Waals surface area (Å²) < 4.78 is 22.0. The van der Waals surface area contributed by atoms with Crippen molar-refractivity contribution in [3.63, 3.8) is 0 Å². The van der Waals surface area contributed by atoms with Gasteiger partial charge in [-0.15, -0.1) is 0 Å². The smallest absolute Gasteiger partial charge is 0.387 e. The van der Waals surface area contributed by atoms with E-state index in [1.807, 2.05) is 6.08 Å². The Bertz CT molecular complexity index is 1080. The van der Waals surface area contributed by atoms with Crippen LogP contribution in [0.1, 0.15) is 149 Å². The van der Waals surface area contributed by atoms with E-state index in [1.165, 1.54) is 38.5 Å². The number of nitrogens with one attached hydrogen (secondary N) is 1. The van der Waals surface area contributed by atoms with Gasteiger partial charge >= 0.3 is 7.82 Å². The molecule has 0 heterocycles. The molecular weight excluding hydrogens is 671 g/mol. The molecule has 298 valence electrons. The first kappa shape index (κ1) is 49.7. The van der Waals surface area contributed by atoms with E-state index in [4.69, 9.17) is 14.8 Å². The number of hydrogen-bond donors (Lipinski definition) is 4. The first-order valence-electron chi connectivity index (χ1n) is 20.2. The summed E-state index contributed by atoms with van der Waals surface area (Å²) in [5.41, 5.74) is 5.35. The molecule has 0 spiro atoms. The van der Waals surface area contributed by atoms with Crippen LogP contribution in [0.25, 0.3) is 0 Å². The van der Waals surface area contributed by atoms with Crippen LogP contribution in [0.15, 0.2) is 85.1 Å². The van der Waals surface area contributed by atoms with Crippen molar-refractivity contribution >= 4 is 13.7 Å². The predicted octanol–water partition coefficient (Wildman–Crippen LogP) is 11.0. The fourth-order valence-electron chi connectivity index (χ4n) is 5.19. The Labute approximate surface area is 318 Å². The zero-order valence-electron chi connectivity index (χ0n) is 32.8. The molecule has 1 amide bonds. The highest BCUT2D eigenvalue weighted by Gasteiger charge is 2.26. The van der Waals surface area contributed by atoms with Crippen LogP contribution in [-0.2, 0) is 18.4 Å². The van der Waals surface area contributed by atoms with E-state index in [1.54, 1.807) is 6.08 Å². The molecule has 8 nitrogen and oxygen atoms in total. The van der Waals surface area contributed by atoms with E-state index < -0.39 is 20.0 Å². The number of rotatable bonds is 36. The van der Waals surface area contributed by atoms with E-state index in [0.29, 0.717) is 6.42 Å². The van der Waals surface area contributed by atoms with Crippen LogP contribution in [0.2, 0.25) is 0 Å². The molecule has 5 N–H and O–H groups in total. The molecule has 0 aliphatic carbocycles. The maximum Gasteiger partial charge on any atom is 0.472 e. The number of aliphatic hydroxyl groups is 1. The van der Waals surface area contributed by atoms with Gasteiger partial charge in [-0.1, -0.05) is 157 Å². The minimum atomic E-state index is -4.34. The van der Waals surface area contributed by atoms with Crippen LogP contribution >= 0.6 is 7.82 Å². The standard InChI is InChI=1S/C43H75N2O6P/c1-3-5-7-9-11-13-15-16-17-18-19-20-21-22-23-24-25-26-27-29-31-33-35-37-43(47)45-41(40-51-52(48,49)50-39-38-44)42(46)36-34-32-30-28-14-12-10-8-6-4-2/h5,7,11,13,16-17,19-20,22-23,25-26,34,36,41-42,46H,3-4,6,8-10,12,14-15,18,21,24,27-33,35,37-40,44H2,1-2H3,(H,45,47)(H,48,49)/b7-5-,13-11-,17-16-,20-19-,23-22-,26-25-,36-34+. The van der Waals surface area contributed by atoms with Crippen molar-refractivity contribution in [2.24, 2.45) is 5.73 Å². The van der Waals surface area contributed by atoms with Gasteiger partial charge in [0, 0.05) is 13.0 Å². The molecule has 0 fully saturated rings. The molecule has 0 saturated carbocycles. The molecule has 0 radical (unpaired) electrons. The molecule has 0 aromatic rings. The Balaban J connectivity index is 4.27. The summed E-state index contributed by atoms with van der Waals surface area (Å²) >= 11 is 0. The van der Waals surface area contributed by atoms with E-state index in [9.17, 15) is 19.4 Å². The number of phosphoric ester groups is 1. The number of aliphatic hydroxyl groups excluding tert-OH is 1. The summed E-state index contributed by atoms with van der Waals surface area (Å²) in [6.07, 6.45) is 50.6. The zero-order chi connectivity index (χ0) is 38.2. The highest BCUT2D eigenvalue weighted by molar-refractivity contribution is 7.47. The molecule has 0 aliphatic heterocycles. The Morgan fingerprint density at radius 1 is 0.654 bits per heavy atom. The highest BCUT2D eigenvalue weighted by Crippen LogP contribution is 2.43. The summed E-state index contributed by atoms with van der Waals surface area (Å²) in [5.74, 6) is -0.225. The summed E-state index contributed by atoms with van der Waals surface area (Å²) in [7, 11) is -4.34. The quantitative estimate of drug-likeness (QED) is 0.0285. The minimum absolute atomic E-state index is 0.0690. The number of phosphoric acid groups is 1. The predicted molar refractivity (Wildman–Crippen MR) is 221 cm³/mol. The van der Waals surface area contributed by atoms with Crippen LogP contribution in [-0.4, -0.2) is 47.8 Å². The second-order valence-electron chi connectivity index (χ2n) is 13.1. The Hall–Kier alpha value is -2.32. The van der Waals surface area contributed by atoms with Crippen LogP contribution in [0.4, 0.5) is 0 Å². The highest BCUT2D eigenvalue weighted by atomic mass is 31.2. The minimum Gasteiger partial charge on any atom is -0.387 e. The van der Waals surface area contributed by atoms with Crippen molar-refractivity contribution in [1.29, 1.82) is 0 Å². The normalized spacial score (nSPS) is 15.1. The number of amides is 1. The van der Waals surface area contributed by atoms with Crippen molar-refractivity contribution < 1.29 is 28.4 Å². The van der Waals surface area contributed by atoms with Gasteiger partial charge in [0.25, 0.3) is 0 Å². The SMILES string of the molecule is CC/C=C\C/C=C\C/C=C\C/C=C\C/C=C\C/C=C\CCCCCCC(=O)NC(COP(=O)(O)OCCN)C(O)/C=C/CCCCCCCCCC. The van der Waals surface area contributed by atoms with Crippen LogP contribution in [0.3, 0.4) is 0 Å². The van der Waals surface area contributed by atoms with Gasteiger partial charge in [-0.25, -0.2) is 4.57 Å². The summed E-state index contributed by atoms with van der Waals surface area (Å²) in [6.45, 7) is 3.95. The van der Waals surface area contributed by atoms with Gasteiger partial charge in [0.05, 0.1) is 25.4 Å². The summed E-state index contributed by atoms with van der Waals surface area (Å²) in [5, 5.41) is 13.6. The number of carbonyl (C=O) groups excluding carboxylic acids is 1. The molecular formula is C43H75N2O6P. The fraction of sp³-hybridized carbons (Fsp3) is 0.651. The third-order valence-electron chi connectivity index (χ3n) is 8.23. The van der Waals surface area contributed by atoms with Crippen LogP contribution in [0, 0.1) is 0 Å². The average molecular weight is 747 g/mol. The number of allylic oxidation sites excluding steroid dienone is 13. The number of carbonyl (C=O) groups is 1. The molecule has 0 rings (SSSR count). The summed E-state index contributed by atoms with van der Waals surface area (Å²) in [6, 6.07) is -0.877. The molecule has 0 aromatic heterocycles. The monoisotopic (exact) mass is 747 g/mol. The molecule has 3 atom stereocenters. The second-order valence-corrected chi connectivity index (χ2v) is 14.6. The zero-order valence-corrected chi connectivity index (χ0v) is 33.7. The van der Waals surface area contributed by atoms with Gasteiger partial charge in [-0.2, -0.15) is 0 Å². The Morgan fingerprint density at radius 3 is 1.63 bits per heavy atom. The van der Waals surface area contributed by atoms with Crippen molar-refractivity contribution in [3.05, 3.63) is 85.1 Å². The van der Waals surface area contributed by atoms with Gasteiger partial charge in [-0.05, 0) is 70.6 Å². The van der Waals surface area contributed by atoms with E-state index in [-0.39, 0.29) is 25.7 Å². The molecule has 0 aromatic carbocycles.